The molecule has 1 aromatic carbocycles. The van der Waals surface area contributed by atoms with E-state index in [9.17, 15) is 0 Å². The minimum Gasteiger partial charge on any atom is -0.387 e. The number of ether oxygens (including phenoxy) is 1. The maximum atomic E-state index is 5.78. The Morgan fingerprint density at radius 3 is 2.87 bits per heavy atom. The van der Waals surface area contributed by atoms with Crippen molar-refractivity contribution in [2.45, 2.75) is 25.6 Å². The predicted molar refractivity (Wildman–Crippen MR) is 60.7 cm³/mol. The van der Waals surface area contributed by atoms with E-state index < -0.39 is 0 Å². The molecule has 1 atom stereocenters. The molecule has 2 N–H and O–H groups in total. The molecule has 15 heavy (non-hydrogen) atoms. The summed E-state index contributed by atoms with van der Waals surface area (Å²) in [6.07, 6.45) is 1.99. The molecule has 0 bridgehead atoms. The molecule has 1 unspecified atom stereocenters. The molecular formula is C12H16N2O. The van der Waals surface area contributed by atoms with Gasteiger partial charge in [-0.25, -0.2) is 0 Å². The number of aliphatic imine (C=N–C) groups is 1. The Balaban J connectivity index is 1.81. The van der Waals surface area contributed by atoms with E-state index in [1.165, 1.54) is 5.56 Å². The highest BCUT2D eigenvalue weighted by Gasteiger charge is 2.14. The molecule has 0 fully saturated rings. The number of nitrogens with zero attached hydrogens (tertiary/aromatic N) is 1. The van der Waals surface area contributed by atoms with Crippen molar-refractivity contribution in [3.63, 3.8) is 0 Å². The third-order valence-corrected chi connectivity index (χ3v) is 2.53. The molecule has 1 aliphatic rings. The lowest BCUT2D eigenvalue weighted by atomic mass is 10.1. The van der Waals surface area contributed by atoms with Crippen LogP contribution in [0, 0.1) is 0 Å². The maximum absolute atomic E-state index is 5.78. The van der Waals surface area contributed by atoms with Crippen molar-refractivity contribution in [3.05, 3.63) is 35.9 Å². The maximum Gasteiger partial charge on any atom is 0.0963 e. The van der Waals surface area contributed by atoms with Crippen molar-refractivity contribution in [3.8, 4) is 0 Å². The zero-order valence-electron chi connectivity index (χ0n) is 8.73. The summed E-state index contributed by atoms with van der Waals surface area (Å²) in [5.41, 5.74) is 6.87. The van der Waals surface area contributed by atoms with Crippen LogP contribution in [0.4, 0.5) is 0 Å². The van der Waals surface area contributed by atoms with Gasteiger partial charge in [0.2, 0.25) is 0 Å². The highest BCUT2D eigenvalue weighted by atomic mass is 16.5. The van der Waals surface area contributed by atoms with Crippen LogP contribution >= 0.6 is 0 Å². The third-order valence-electron chi connectivity index (χ3n) is 2.53. The summed E-state index contributed by atoms with van der Waals surface area (Å²) < 4.78 is 5.78. The van der Waals surface area contributed by atoms with Crippen LogP contribution in [0.5, 0.6) is 0 Å². The first kappa shape index (κ1) is 10.2. The molecule has 0 aliphatic carbocycles. The summed E-state index contributed by atoms with van der Waals surface area (Å²) in [5, 5.41) is 0. The minimum absolute atomic E-state index is 0.239. The first-order chi connectivity index (χ1) is 7.34. The molecule has 0 saturated carbocycles. The lowest BCUT2D eigenvalue weighted by Gasteiger charge is -2.20. The molecule has 0 aromatic heterocycles. The average Bonchev–Trinajstić information content (AvgIpc) is 2.28. The number of hydrogen-bond donors (Lipinski definition) is 1. The first-order valence-electron chi connectivity index (χ1n) is 5.29. The summed E-state index contributed by atoms with van der Waals surface area (Å²) in [6, 6.07) is 10.2. The van der Waals surface area contributed by atoms with Crippen LogP contribution in [0.15, 0.2) is 35.3 Å². The number of benzene rings is 1. The van der Waals surface area contributed by atoms with Gasteiger partial charge in [0, 0.05) is 13.0 Å². The number of hydrogen-bond acceptors (Lipinski definition) is 3. The molecule has 3 nitrogen and oxygen atoms in total. The summed E-state index contributed by atoms with van der Waals surface area (Å²) in [5.74, 6) is 0.722. The largest absolute Gasteiger partial charge is 0.387 e. The molecule has 0 spiro atoms. The Labute approximate surface area is 90.0 Å². The lowest BCUT2D eigenvalue weighted by Crippen LogP contribution is -2.28. The zero-order valence-corrected chi connectivity index (χ0v) is 8.73. The standard InChI is InChI=1S/C12H16N2O/c13-12-8-11(6-7-14-12)15-9-10-4-2-1-3-5-10/h1-5,11H,6-9H2,(H2,13,14). The molecule has 80 valence electrons. The highest BCUT2D eigenvalue weighted by Crippen LogP contribution is 2.12. The fraction of sp³-hybridized carbons (Fsp3) is 0.417. The van der Waals surface area contributed by atoms with E-state index in [1.54, 1.807) is 0 Å². The second-order valence-corrected chi connectivity index (χ2v) is 3.78. The van der Waals surface area contributed by atoms with Crippen LogP contribution in [0.1, 0.15) is 18.4 Å². The van der Waals surface area contributed by atoms with Crippen LogP contribution in [0.3, 0.4) is 0 Å². The molecule has 0 amide bonds. The Hall–Kier alpha value is -1.35. The highest BCUT2D eigenvalue weighted by molar-refractivity contribution is 5.81. The second kappa shape index (κ2) is 4.94. The SMILES string of the molecule is NC1=NCCC(OCc2ccccc2)C1. The van der Waals surface area contributed by atoms with E-state index in [4.69, 9.17) is 10.5 Å². The van der Waals surface area contributed by atoms with Gasteiger partial charge in [0.05, 0.1) is 18.5 Å². The van der Waals surface area contributed by atoms with Gasteiger partial charge in [-0.3, -0.25) is 4.99 Å². The summed E-state index contributed by atoms with van der Waals surface area (Å²) in [4.78, 5) is 4.15. The Morgan fingerprint density at radius 1 is 1.33 bits per heavy atom. The van der Waals surface area contributed by atoms with Gasteiger partial charge < -0.3 is 10.5 Å². The monoisotopic (exact) mass is 204 g/mol. The third kappa shape index (κ3) is 3.06. The molecule has 2 rings (SSSR count). The molecule has 1 heterocycles. The Kier molecular flexibility index (Phi) is 3.35. The van der Waals surface area contributed by atoms with Crippen LogP contribution in [0.2, 0.25) is 0 Å². The fourth-order valence-corrected chi connectivity index (χ4v) is 1.68. The van der Waals surface area contributed by atoms with Crippen LogP contribution < -0.4 is 5.73 Å². The molecule has 1 aliphatic heterocycles. The van der Waals surface area contributed by atoms with Crippen LogP contribution in [-0.2, 0) is 11.3 Å². The lowest BCUT2D eigenvalue weighted by molar-refractivity contribution is 0.0389. The van der Waals surface area contributed by atoms with Gasteiger partial charge in [0.25, 0.3) is 0 Å². The summed E-state index contributed by atoms with van der Waals surface area (Å²) >= 11 is 0. The van der Waals surface area contributed by atoms with Gasteiger partial charge in [-0.1, -0.05) is 30.3 Å². The number of nitrogens with two attached hydrogens (primary N) is 1. The topological polar surface area (TPSA) is 47.6 Å². The van der Waals surface area contributed by atoms with Gasteiger partial charge in [0.1, 0.15) is 0 Å². The Bertz CT molecular complexity index is 335. The molecule has 3 heteroatoms. The summed E-state index contributed by atoms with van der Waals surface area (Å²) in [6.45, 7) is 1.46. The van der Waals surface area contributed by atoms with Crippen LogP contribution in [-0.4, -0.2) is 18.5 Å². The van der Waals surface area contributed by atoms with Crippen molar-refractivity contribution < 1.29 is 4.74 Å². The van der Waals surface area contributed by atoms with Crippen molar-refractivity contribution >= 4 is 5.84 Å². The quantitative estimate of drug-likeness (QED) is 0.815. The van der Waals surface area contributed by atoms with E-state index in [-0.39, 0.29) is 6.10 Å². The van der Waals surface area contributed by atoms with Gasteiger partial charge >= 0.3 is 0 Å². The fourth-order valence-electron chi connectivity index (χ4n) is 1.68. The first-order valence-corrected chi connectivity index (χ1v) is 5.29. The predicted octanol–water partition coefficient (Wildman–Crippen LogP) is 1.72. The van der Waals surface area contributed by atoms with Gasteiger partial charge in [0.15, 0.2) is 0 Å². The molecular weight excluding hydrogens is 188 g/mol. The van der Waals surface area contributed by atoms with Crippen molar-refractivity contribution in [1.82, 2.24) is 0 Å². The Morgan fingerprint density at radius 2 is 2.13 bits per heavy atom. The van der Waals surface area contributed by atoms with Gasteiger partial charge in [-0.2, -0.15) is 0 Å². The molecule has 1 aromatic rings. The van der Waals surface area contributed by atoms with Gasteiger partial charge in [-0.05, 0) is 12.0 Å². The van der Waals surface area contributed by atoms with Crippen molar-refractivity contribution in [2.24, 2.45) is 10.7 Å². The number of amidine groups is 1. The molecule has 0 radical (unpaired) electrons. The van der Waals surface area contributed by atoms with E-state index in [0.717, 1.165) is 25.2 Å². The van der Waals surface area contributed by atoms with Crippen LogP contribution in [0.25, 0.3) is 0 Å². The molecule has 0 saturated heterocycles. The second-order valence-electron chi connectivity index (χ2n) is 3.78. The summed E-state index contributed by atoms with van der Waals surface area (Å²) in [7, 11) is 0. The van der Waals surface area contributed by atoms with Crippen molar-refractivity contribution in [1.29, 1.82) is 0 Å². The van der Waals surface area contributed by atoms with Gasteiger partial charge in [-0.15, -0.1) is 0 Å². The van der Waals surface area contributed by atoms with E-state index in [2.05, 4.69) is 17.1 Å². The van der Waals surface area contributed by atoms with E-state index >= 15 is 0 Å². The minimum atomic E-state index is 0.239. The zero-order chi connectivity index (χ0) is 10.5. The van der Waals surface area contributed by atoms with E-state index in [0.29, 0.717) is 6.61 Å². The van der Waals surface area contributed by atoms with Crippen molar-refractivity contribution in [2.75, 3.05) is 6.54 Å². The normalized spacial score (nSPS) is 21.1. The smallest absolute Gasteiger partial charge is 0.0963 e. The van der Waals surface area contributed by atoms with E-state index in [1.807, 2.05) is 18.2 Å². The average molecular weight is 204 g/mol. The number of rotatable bonds is 3.